The van der Waals surface area contributed by atoms with E-state index in [2.05, 4.69) is 16.0 Å². The van der Waals surface area contributed by atoms with Gasteiger partial charge in [-0.1, -0.05) is 12.8 Å². The molecule has 0 saturated carbocycles. The molecule has 0 aromatic heterocycles. The summed E-state index contributed by atoms with van der Waals surface area (Å²) in [7, 11) is 0. The molecule has 0 heterocycles. The number of carbonyl (C=O) groups is 3. The van der Waals surface area contributed by atoms with E-state index in [1.54, 1.807) is 0 Å². The highest BCUT2D eigenvalue weighted by molar-refractivity contribution is 5.89. The van der Waals surface area contributed by atoms with Crippen molar-refractivity contribution in [3.05, 3.63) is 0 Å². The number of rotatable bonds is 19. The van der Waals surface area contributed by atoms with E-state index in [1.807, 2.05) is 0 Å². The molecule has 13 N–H and O–H groups in total. The molecule has 0 spiro atoms. The van der Waals surface area contributed by atoms with Gasteiger partial charge in [0.1, 0.15) is 6.04 Å². The Hall–Kier alpha value is -1.79. The predicted octanol–water partition coefficient (Wildman–Crippen LogP) is -2.25. The average Bonchev–Trinajstić information content (AvgIpc) is 2.76. The van der Waals surface area contributed by atoms with E-state index in [0.29, 0.717) is 64.8 Å². The Balaban J connectivity index is 4.41. The van der Waals surface area contributed by atoms with Gasteiger partial charge < -0.3 is 44.6 Å². The second-order valence-corrected chi connectivity index (χ2v) is 7.71. The first-order valence-corrected chi connectivity index (χ1v) is 11.3. The maximum atomic E-state index is 12.4. The number of nitrogens with one attached hydrogen (secondary N) is 3. The van der Waals surface area contributed by atoms with E-state index >= 15 is 0 Å². The summed E-state index contributed by atoms with van der Waals surface area (Å²) in [6.45, 7) is 2.22. The van der Waals surface area contributed by atoms with Gasteiger partial charge in [-0.2, -0.15) is 0 Å². The number of hydrogen-bond donors (Lipinski definition) is 8. The Morgan fingerprint density at radius 2 is 1.10 bits per heavy atom. The molecule has 31 heavy (non-hydrogen) atoms. The first-order valence-electron chi connectivity index (χ1n) is 11.3. The molecule has 0 bridgehead atoms. The zero-order valence-corrected chi connectivity index (χ0v) is 18.7. The lowest BCUT2D eigenvalue weighted by atomic mass is 10.1. The molecule has 0 saturated heterocycles. The van der Waals surface area contributed by atoms with Gasteiger partial charge in [-0.25, -0.2) is 0 Å². The number of unbranched alkanes of at least 4 members (excludes halogenated alkanes) is 3. The molecule has 3 unspecified atom stereocenters. The van der Waals surface area contributed by atoms with Crippen molar-refractivity contribution in [3.63, 3.8) is 0 Å². The van der Waals surface area contributed by atoms with Crippen LogP contribution in [0.3, 0.4) is 0 Å². The molecule has 0 aromatic carbocycles. The van der Waals surface area contributed by atoms with Crippen LogP contribution >= 0.6 is 0 Å². The molecule has 0 rings (SSSR count). The van der Waals surface area contributed by atoms with Crippen LogP contribution in [0.25, 0.3) is 0 Å². The predicted molar refractivity (Wildman–Crippen MR) is 123 cm³/mol. The molecule has 0 fully saturated rings. The van der Waals surface area contributed by atoms with Crippen molar-refractivity contribution in [1.82, 2.24) is 16.0 Å². The Morgan fingerprint density at radius 3 is 1.65 bits per heavy atom. The van der Waals surface area contributed by atoms with E-state index in [-0.39, 0.29) is 17.7 Å². The SMILES string of the molecule is NCCCCC(N)C(=O)NCCCCC(NC(=O)C(N)CCCCN)C(=O)NCCN. The second kappa shape index (κ2) is 18.9. The Morgan fingerprint density at radius 1 is 0.581 bits per heavy atom. The van der Waals surface area contributed by atoms with Crippen LogP contribution < -0.4 is 44.6 Å². The van der Waals surface area contributed by atoms with Gasteiger partial charge in [0.25, 0.3) is 0 Å². The van der Waals surface area contributed by atoms with Crippen molar-refractivity contribution in [2.75, 3.05) is 32.7 Å². The summed E-state index contributed by atoms with van der Waals surface area (Å²) in [4.78, 5) is 36.7. The van der Waals surface area contributed by atoms with Gasteiger partial charge in [-0.15, -0.1) is 0 Å². The summed E-state index contributed by atoms with van der Waals surface area (Å²) in [6.07, 6.45) is 6.03. The zero-order chi connectivity index (χ0) is 23.5. The van der Waals surface area contributed by atoms with Gasteiger partial charge in [0.15, 0.2) is 0 Å². The van der Waals surface area contributed by atoms with Gasteiger partial charge >= 0.3 is 0 Å². The van der Waals surface area contributed by atoms with Crippen LogP contribution in [0.15, 0.2) is 0 Å². The van der Waals surface area contributed by atoms with Crippen LogP contribution in [0.2, 0.25) is 0 Å². The molecule has 0 aliphatic rings. The fourth-order valence-electron chi connectivity index (χ4n) is 2.96. The lowest BCUT2D eigenvalue weighted by molar-refractivity contribution is -0.129. The molecule has 182 valence electrons. The third-order valence-electron chi connectivity index (χ3n) is 4.91. The third-order valence-corrected chi connectivity index (χ3v) is 4.91. The van der Waals surface area contributed by atoms with Crippen LogP contribution in [0, 0.1) is 0 Å². The largest absolute Gasteiger partial charge is 0.355 e. The molecule has 0 radical (unpaired) electrons. The zero-order valence-electron chi connectivity index (χ0n) is 18.7. The van der Waals surface area contributed by atoms with E-state index < -0.39 is 18.1 Å². The highest BCUT2D eigenvalue weighted by atomic mass is 16.2. The summed E-state index contributed by atoms with van der Waals surface area (Å²) in [5.74, 6) is -0.841. The first-order chi connectivity index (χ1) is 14.9. The van der Waals surface area contributed by atoms with E-state index in [9.17, 15) is 14.4 Å². The van der Waals surface area contributed by atoms with E-state index in [1.165, 1.54) is 0 Å². The third kappa shape index (κ3) is 14.8. The van der Waals surface area contributed by atoms with Crippen LogP contribution in [-0.4, -0.2) is 68.6 Å². The fourth-order valence-corrected chi connectivity index (χ4v) is 2.96. The van der Waals surface area contributed by atoms with Crippen molar-refractivity contribution < 1.29 is 14.4 Å². The van der Waals surface area contributed by atoms with E-state index in [0.717, 1.165) is 25.7 Å². The molecule has 11 nitrogen and oxygen atoms in total. The van der Waals surface area contributed by atoms with Crippen molar-refractivity contribution >= 4 is 17.7 Å². The minimum atomic E-state index is -0.700. The van der Waals surface area contributed by atoms with Gasteiger partial charge in [-0.05, 0) is 58.0 Å². The summed E-state index contributed by atoms with van der Waals surface area (Å²) in [6, 6.07) is -1.92. The van der Waals surface area contributed by atoms with Gasteiger partial charge in [-0.3, -0.25) is 14.4 Å². The highest BCUT2D eigenvalue weighted by Gasteiger charge is 2.23. The topological polar surface area (TPSA) is 217 Å². The van der Waals surface area contributed by atoms with Gasteiger partial charge in [0.2, 0.25) is 17.7 Å². The number of nitrogens with two attached hydrogens (primary N) is 5. The lowest BCUT2D eigenvalue weighted by Crippen LogP contribution is -2.52. The van der Waals surface area contributed by atoms with Gasteiger partial charge in [0.05, 0.1) is 12.1 Å². The quantitative estimate of drug-likeness (QED) is 0.101. The smallest absolute Gasteiger partial charge is 0.242 e. The minimum absolute atomic E-state index is 0.189. The van der Waals surface area contributed by atoms with Crippen LogP contribution in [0.1, 0.15) is 57.8 Å². The minimum Gasteiger partial charge on any atom is -0.355 e. The number of hydrogen-bond acceptors (Lipinski definition) is 8. The molecular weight excluding hydrogens is 400 g/mol. The molecule has 3 atom stereocenters. The lowest BCUT2D eigenvalue weighted by Gasteiger charge is -2.21. The maximum Gasteiger partial charge on any atom is 0.242 e. The highest BCUT2D eigenvalue weighted by Crippen LogP contribution is 2.04. The van der Waals surface area contributed by atoms with Crippen LogP contribution in [0.4, 0.5) is 0 Å². The average molecular weight is 445 g/mol. The summed E-state index contributed by atoms with van der Waals surface area (Å²) in [5.41, 5.74) is 28.1. The standard InChI is InChI=1S/C20H44N8O3/c21-10-4-1-7-15(24)18(29)26-13-6-3-9-17(20(31)27-14-12-23)28-19(30)16(25)8-2-5-11-22/h15-17H,1-14,21-25H2,(H,26,29)(H,27,31)(H,28,30). The maximum absolute atomic E-state index is 12.4. The molecule has 3 amide bonds. The van der Waals surface area contributed by atoms with Crippen molar-refractivity contribution in [3.8, 4) is 0 Å². The Labute approximate surface area is 186 Å². The van der Waals surface area contributed by atoms with Crippen molar-refractivity contribution in [1.29, 1.82) is 0 Å². The monoisotopic (exact) mass is 444 g/mol. The summed E-state index contributed by atoms with van der Waals surface area (Å²) < 4.78 is 0. The molecule has 0 aromatic rings. The Kier molecular flexibility index (Phi) is 17.8. The summed E-state index contributed by atoms with van der Waals surface area (Å²) in [5, 5.41) is 8.23. The van der Waals surface area contributed by atoms with E-state index in [4.69, 9.17) is 28.7 Å². The fraction of sp³-hybridized carbons (Fsp3) is 0.850. The number of amides is 3. The number of carbonyl (C=O) groups excluding carboxylic acids is 3. The second-order valence-electron chi connectivity index (χ2n) is 7.71. The summed E-state index contributed by atoms with van der Waals surface area (Å²) >= 11 is 0. The van der Waals surface area contributed by atoms with Crippen molar-refractivity contribution in [2.45, 2.75) is 75.9 Å². The molecular formula is C20H44N8O3. The van der Waals surface area contributed by atoms with Gasteiger partial charge in [0, 0.05) is 19.6 Å². The molecule has 0 aliphatic heterocycles. The van der Waals surface area contributed by atoms with Crippen LogP contribution in [0.5, 0.6) is 0 Å². The van der Waals surface area contributed by atoms with Crippen LogP contribution in [-0.2, 0) is 14.4 Å². The normalized spacial score (nSPS) is 13.8. The Bertz CT molecular complexity index is 507. The van der Waals surface area contributed by atoms with Crippen molar-refractivity contribution in [2.24, 2.45) is 28.7 Å². The molecule has 11 heteroatoms. The first kappa shape index (κ1) is 29.2. The molecule has 0 aliphatic carbocycles.